The summed E-state index contributed by atoms with van der Waals surface area (Å²) in [5.41, 5.74) is 1.70. The van der Waals surface area contributed by atoms with Crippen LogP contribution >= 0.6 is 15.9 Å². The van der Waals surface area contributed by atoms with E-state index in [0.29, 0.717) is 17.7 Å². The Labute approximate surface area is 114 Å². The minimum atomic E-state index is -0.367. The van der Waals surface area contributed by atoms with Gasteiger partial charge in [0.1, 0.15) is 0 Å². The lowest BCUT2D eigenvalue weighted by atomic mass is 9.89. The van der Waals surface area contributed by atoms with Crippen LogP contribution in [-0.2, 0) is 4.74 Å². The molecule has 0 amide bonds. The fourth-order valence-electron chi connectivity index (χ4n) is 2.07. The number of nitro groups is 1. The molecular weight excluding hydrogens is 300 g/mol. The van der Waals surface area contributed by atoms with Crippen LogP contribution in [0.5, 0.6) is 0 Å². The number of methoxy groups -OCH3 is 1. The van der Waals surface area contributed by atoms with Crippen LogP contribution in [0, 0.1) is 17.0 Å². The first-order valence-corrected chi connectivity index (χ1v) is 6.54. The SMILES string of the molecule is COC1CC(Nc2cc(C)c([N+](=O)[O-])cc2Br)C1. The zero-order valence-electron chi connectivity index (χ0n) is 10.3. The molecule has 98 valence electrons. The number of ether oxygens (including phenoxy) is 1. The second-order valence-corrected chi connectivity index (χ2v) is 5.40. The summed E-state index contributed by atoms with van der Waals surface area (Å²) in [6, 6.07) is 3.74. The molecule has 0 bridgehead atoms. The highest BCUT2D eigenvalue weighted by Crippen LogP contribution is 2.34. The van der Waals surface area contributed by atoms with Crippen molar-refractivity contribution >= 4 is 27.3 Å². The van der Waals surface area contributed by atoms with E-state index in [-0.39, 0.29) is 10.6 Å². The quantitative estimate of drug-likeness (QED) is 0.684. The number of anilines is 1. The molecule has 0 radical (unpaired) electrons. The van der Waals surface area contributed by atoms with E-state index in [2.05, 4.69) is 21.2 Å². The zero-order valence-corrected chi connectivity index (χ0v) is 11.9. The Bertz CT molecular complexity index is 473. The highest BCUT2D eigenvalue weighted by molar-refractivity contribution is 9.10. The van der Waals surface area contributed by atoms with Crippen molar-refractivity contribution in [2.75, 3.05) is 12.4 Å². The predicted molar refractivity (Wildman–Crippen MR) is 73.0 cm³/mol. The lowest BCUT2D eigenvalue weighted by Crippen LogP contribution is -2.40. The fraction of sp³-hybridized carbons (Fsp3) is 0.500. The first-order chi connectivity index (χ1) is 8.51. The maximum Gasteiger partial charge on any atom is 0.273 e. The molecule has 0 saturated heterocycles. The average Bonchev–Trinajstić information content (AvgIpc) is 2.26. The maximum atomic E-state index is 10.8. The normalized spacial score (nSPS) is 22.4. The van der Waals surface area contributed by atoms with Crippen molar-refractivity contribution in [1.29, 1.82) is 0 Å². The van der Waals surface area contributed by atoms with Gasteiger partial charge in [0.15, 0.2) is 0 Å². The molecule has 1 aromatic rings. The predicted octanol–water partition coefficient (Wildman–Crippen LogP) is 3.26. The summed E-state index contributed by atoms with van der Waals surface area (Å²) in [6.07, 6.45) is 2.28. The van der Waals surface area contributed by atoms with E-state index in [1.54, 1.807) is 20.1 Å². The first-order valence-electron chi connectivity index (χ1n) is 5.75. The van der Waals surface area contributed by atoms with Gasteiger partial charge in [-0.15, -0.1) is 0 Å². The number of hydrogen-bond acceptors (Lipinski definition) is 4. The Kier molecular flexibility index (Phi) is 3.87. The Morgan fingerprint density at radius 2 is 2.17 bits per heavy atom. The molecule has 1 saturated carbocycles. The third-order valence-corrected chi connectivity index (χ3v) is 3.93. The van der Waals surface area contributed by atoms with Crippen LogP contribution in [0.25, 0.3) is 0 Å². The van der Waals surface area contributed by atoms with E-state index in [9.17, 15) is 10.1 Å². The van der Waals surface area contributed by atoms with Gasteiger partial charge in [0.05, 0.1) is 11.0 Å². The van der Waals surface area contributed by atoms with E-state index in [4.69, 9.17) is 4.74 Å². The number of aryl methyl sites for hydroxylation is 1. The number of halogens is 1. The molecule has 1 fully saturated rings. The lowest BCUT2D eigenvalue weighted by molar-refractivity contribution is -0.385. The second-order valence-electron chi connectivity index (χ2n) is 4.55. The van der Waals surface area contributed by atoms with Gasteiger partial charge < -0.3 is 10.1 Å². The number of benzene rings is 1. The smallest absolute Gasteiger partial charge is 0.273 e. The van der Waals surface area contributed by atoms with Crippen LogP contribution in [0.1, 0.15) is 18.4 Å². The standard InChI is InChI=1S/C12H15BrN2O3/c1-7-3-11(10(13)6-12(7)15(16)17)14-8-4-9(5-8)18-2/h3,6,8-9,14H,4-5H2,1-2H3. The van der Waals surface area contributed by atoms with E-state index in [1.807, 2.05) is 6.07 Å². The Balaban J connectivity index is 2.10. The molecule has 0 unspecified atom stereocenters. The molecule has 0 aromatic heterocycles. The van der Waals surface area contributed by atoms with E-state index < -0.39 is 0 Å². The van der Waals surface area contributed by atoms with E-state index >= 15 is 0 Å². The van der Waals surface area contributed by atoms with Gasteiger partial charge in [0, 0.05) is 34.9 Å². The van der Waals surface area contributed by atoms with Gasteiger partial charge in [-0.1, -0.05) is 0 Å². The highest BCUT2D eigenvalue weighted by atomic mass is 79.9. The minimum Gasteiger partial charge on any atom is -0.381 e. The van der Waals surface area contributed by atoms with Crippen molar-refractivity contribution in [3.8, 4) is 0 Å². The fourth-order valence-corrected chi connectivity index (χ4v) is 2.52. The van der Waals surface area contributed by atoms with E-state index in [0.717, 1.165) is 23.0 Å². The van der Waals surface area contributed by atoms with Crippen LogP contribution < -0.4 is 5.32 Å². The minimum absolute atomic E-state index is 0.135. The van der Waals surface area contributed by atoms with Crippen LogP contribution in [0.4, 0.5) is 11.4 Å². The average molecular weight is 315 g/mol. The van der Waals surface area contributed by atoms with Gasteiger partial charge in [-0.2, -0.15) is 0 Å². The number of hydrogen-bond donors (Lipinski definition) is 1. The number of nitrogens with zero attached hydrogens (tertiary/aromatic N) is 1. The molecule has 1 aliphatic carbocycles. The highest BCUT2D eigenvalue weighted by Gasteiger charge is 2.29. The summed E-state index contributed by atoms with van der Waals surface area (Å²) in [5.74, 6) is 0. The summed E-state index contributed by atoms with van der Waals surface area (Å²) < 4.78 is 5.94. The molecule has 1 aromatic carbocycles. The summed E-state index contributed by atoms with van der Waals surface area (Å²) in [5, 5.41) is 14.2. The van der Waals surface area contributed by atoms with Gasteiger partial charge in [-0.3, -0.25) is 10.1 Å². The summed E-state index contributed by atoms with van der Waals surface area (Å²) in [7, 11) is 1.72. The molecule has 1 aliphatic rings. The van der Waals surface area contributed by atoms with Crippen molar-refractivity contribution < 1.29 is 9.66 Å². The van der Waals surface area contributed by atoms with Crippen LogP contribution in [-0.4, -0.2) is 24.2 Å². The molecule has 0 aliphatic heterocycles. The van der Waals surface area contributed by atoms with Crippen molar-refractivity contribution in [3.05, 3.63) is 32.3 Å². The topological polar surface area (TPSA) is 64.4 Å². The Morgan fingerprint density at radius 3 is 2.72 bits per heavy atom. The largest absolute Gasteiger partial charge is 0.381 e. The first kappa shape index (κ1) is 13.3. The second kappa shape index (κ2) is 5.24. The molecule has 0 spiro atoms. The Hall–Kier alpha value is -1.14. The third kappa shape index (κ3) is 2.64. The van der Waals surface area contributed by atoms with Crippen molar-refractivity contribution in [2.45, 2.75) is 31.9 Å². The van der Waals surface area contributed by atoms with E-state index in [1.165, 1.54) is 0 Å². The summed E-state index contributed by atoms with van der Waals surface area (Å²) >= 11 is 3.37. The molecule has 0 atom stereocenters. The molecular formula is C12H15BrN2O3. The van der Waals surface area contributed by atoms with Crippen molar-refractivity contribution in [3.63, 3.8) is 0 Å². The third-order valence-electron chi connectivity index (χ3n) is 3.27. The summed E-state index contributed by atoms with van der Waals surface area (Å²) in [6.45, 7) is 1.74. The molecule has 2 rings (SSSR count). The molecule has 18 heavy (non-hydrogen) atoms. The van der Waals surface area contributed by atoms with Crippen molar-refractivity contribution in [2.24, 2.45) is 0 Å². The molecule has 6 heteroatoms. The monoisotopic (exact) mass is 314 g/mol. The van der Waals surface area contributed by atoms with Gasteiger partial charge in [-0.25, -0.2) is 0 Å². The van der Waals surface area contributed by atoms with Crippen LogP contribution in [0.2, 0.25) is 0 Å². The molecule has 5 nitrogen and oxygen atoms in total. The Morgan fingerprint density at radius 1 is 1.50 bits per heavy atom. The van der Waals surface area contributed by atoms with Gasteiger partial charge in [-0.05, 0) is 41.8 Å². The molecule has 1 N–H and O–H groups in total. The van der Waals surface area contributed by atoms with Gasteiger partial charge >= 0.3 is 0 Å². The number of nitro benzene ring substituents is 1. The number of rotatable bonds is 4. The van der Waals surface area contributed by atoms with Crippen LogP contribution in [0.3, 0.4) is 0 Å². The van der Waals surface area contributed by atoms with Crippen molar-refractivity contribution in [1.82, 2.24) is 0 Å². The number of nitrogens with one attached hydrogen (secondary N) is 1. The summed E-state index contributed by atoms with van der Waals surface area (Å²) in [4.78, 5) is 10.4. The molecule has 0 heterocycles. The van der Waals surface area contributed by atoms with Crippen LogP contribution in [0.15, 0.2) is 16.6 Å². The van der Waals surface area contributed by atoms with Gasteiger partial charge in [0.2, 0.25) is 0 Å². The zero-order chi connectivity index (χ0) is 13.3. The lowest BCUT2D eigenvalue weighted by Gasteiger charge is -2.35. The van der Waals surface area contributed by atoms with Gasteiger partial charge in [0.25, 0.3) is 5.69 Å². The maximum absolute atomic E-state index is 10.8.